The van der Waals surface area contributed by atoms with Crippen molar-refractivity contribution in [1.29, 1.82) is 0 Å². The second-order valence-electron chi connectivity index (χ2n) is 8.84. The first-order valence-electron chi connectivity index (χ1n) is 11.9. The number of methoxy groups -OCH3 is 1. The van der Waals surface area contributed by atoms with Crippen molar-refractivity contribution in [2.45, 2.75) is 18.4 Å². The van der Waals surface area contributed by atoms with Crippen LogP contribution in [0.5, 0.6) is 5.75 Å². The Morgan fingerprint density at radius 3 is 2.16 bits per heavy atom. The molecule has 1 aliphatic heterocycles. The zero-order valence-corrected chi connectivity index (χ0v) is 21.5. The van der Waals surface area contributed by atoms with E-state index < -0.39 is 28.2 Å². The fourth-order valence-corrected chi connectivity index (χ4v) is 5.33. The summed E-state index contributed by atoms with van der Waals surface area (Å²) in [4.78, 5) is 27.6. The van der Waals surface area contributed by atoms with Gasteiger partial charge in [0.2, 0.25) is 5.91 Å². The van der Waals surface area contributed by atoms with Gasteiger partial charge in [0.1, 0.15) is 11.8 Å². The van der Waals surface area contributed by atoms with Crippen LogP contribution in [0.4, 0.5) is 10.5 Å². The molecule has 0 spiro atoms. The second kappa shape index (κ2) is 11.4. The molecule has 0 aromatic heterocycles. The number of nitrogens with zero attached hydrogens (tertiary/aromatic N) is 2. The molecular formula is C27H30N4O5S. The highest BCUT2D eigenvalue weighted by Crippen LogP contribution is 2.28. The van der Waals surface area contributed by atoms with E-state index in [1.807, 2.05) is 60.7 Å². The van der Waals surface area contributed by atoms with Crippen LogP contribution >= 0.6 is 0 Å². The zero-order chi connectivity index (χ0) is 26.4. The third-order valence-corrected chi connectivity index (χ3v) is 7.78. The lowest BCUT2D eigenvalue weighted by Gasteiger charge is -2.38. The molecule has 194 valence electrons. The molecule has 37 heavy (non-hydrogen) atoms. The van der Waals surface area contributed by atoms with Gasteiger partial charge >= 0.3 is 16.2 Å². The van der Waals surface area contributed by atoms with Crippen LogP contribution in [0, 0.1) is 0 Å². The predicted octanol–water partition coefficient (Wildman–Crippen LogP) is 2.91. The van der Waals surface area contributed by atoms with Crippen LogP contribution in [-0.2, 0) is 21.4 Å². The average Bonchev–Trinajstić information content (AvgIpc) is 2.87. The number of rotatable bonds is 9. The van der Waals surface area contributed by atoms with Gasteiger partial charge in [0, 0.05) is 38.2 Å². The van der Waals surface area contributed by atoms with E-state index in [0.717, 1.165) is 11.1 Å². The van der Waals surface area contributed by atoms with Crippen molar-refractivity contribution in [3.05, 3.63) is 96.1 Å². The minimum Gasteiger partial charge on any atom is -0.497 e. The summed E-state index contributed by atoms with van der Waals surface area (Å²) in [6.45, 7) is 0.554. The predicted molar refractivity (Wildman–Crippen MR) is 142 cm³/mol. The average molecular weight is 523 g/mol. The summed E-state index contributed by atoms with van der Waals surface area (Å²) in [7, 11) is -0.902. The minimum atomic E-state index is -4.06. The fourth-order valence-electron chi connectivity index (χ4n) is 4.16. The number of anilines is 1. The van der Waals surface area contributed by atoms with Gasteiger partial charge in [-0.2, -0.15) is 12.7 Å². The van der Waals surface area contributed by atoms with E-state index in [4.69, 9.17) is 4.74 Å². The van der Waals surface area contributed by atoms with Crippen LogP contribution in [0.2, 0.25) is 0 Å². The Bertz CT molecular complexity index is 1310. The Labute approximate surface area is 217 Å². The number of carbonyl (C=O) groups excluding carboxylic acids is 2. The SMILES string of the molecule is COc1ccc(N(C)C(=O)[C@H](Cc2ccccc2)NC(=O)NS(=O)(=O)N2CC(c3ccccc3)C2)cc1. The summed E-state index contributed by atoms with van der Waals surface area (Å²) in [6, 6.07) is 23.8. The first-order chi connectivity index (χ1) is 17.8. The quantitative estimate of drug-likeness (QED) is 0.449. The molecule has 0 saturated carbocycles. The van der Waals surface area contributed by atoms with Gasteiger partial charge in [-0.3, -0.25) is 4.79 Å². The summed E-state index contributed by atoms with van der Waals surface area (Å²) < 4.78 is 34.0. The molecule has 3 aromatic carbocycles. The van der Waals surface area contributed by atoms with Crippen molar-refractivity contribution >= 4 is 27.8 Å². The van der Waals surface area contributed by atoms with E-state index in [2.05, 4.69) is 10.0 Å². The van der Waals surface area contributed by atoms with E-state index in [0.29, 0.717) is 11.4 Å². The smallest absolute Gasteiger partial charge is 0.330 e. The van der Waals surface area contributed by atoms with Crippen molar-refractivity contribution < 1.29 is 22.7 Å². The first kappa shape index (κ1) is 26.2. The van der Waals surface area contributed by atoms with Gasteiger partial charge in [-0.15, -0.1) is 0 Å². The van der Waals surface area contributed by atoms with E-state index in [9.17, 15) is 18.0 Å². The molecule has 9 nitrogen and oxygen atoms in total. The third kappa shape index (κ3) is 6.46. The molecule has 0 bridgehead atoms. The van der Waals surface area contributed by atoms with E-state index in [1.165, 1.54) is 9.21 Å². The van der Waals surface area contributed by atoms with Gasteiger partial charge in [0.25, 0.3) is 0 Å². The number of amides is 3. The molecule has 3 amide bonds. The standard InChI is InChI=1S/C27H30N4O5S/c1-30(23-13-15-24(36-2)16-14-23)26(32)25(17-20-9-5-3-6-10-20)28-27(33)29-37(34,35)31-18-22(19-31)21-11-7-4-8-12-21/h3-16,22,25H,17-19H2,1-2H3,(H2,28,29,33)/t25-/m0/s1. The zero-order valence-electron chi connectivity index (χ0n) is 20.7. The molecule has 2 N–H and O–H groups in total. The molecule has 1 fully saturated rings. The normalized spacial score (nSPS) is 14.8. The number of carbonyl (C=O) groups is 2. The summed E-state index contributed by atoms with van der Waals surface area (Å²) >= 11 is 0. The Hall–Kier alpha value is -3.89. The first-order valence-corrected chi connectivity index (χ1v) is 13.3. The van der Waals surface area contributed by atoms with Crippen molar-refractivity contribution in [2.75, 3.05) is 32.1 Å². The molecule has 1 saturated heterocycles. The topological polar surface area (TPSA) is 108 Å². The molecule has 3 aromatic rings. The minimum absolute atomic E-state index is 0.0754. The maximum absolute atomic E-state index is 13.4. The number of hydrogen-bond donors (Lipinski definition) is 2. The number of hydrogen-bond acceptors (Lipinski definition) is 5. The van der Waals surface area contributed by atoms with Crippen LogP contribution in [0.15, 0.2) is 84.9 Å². The number of likely N-dealkylation sites (N-methyl/N-ethyl adjacent to an activating group) is 1. The largest absolute Gasteiger partial charge is 0.497 e. The Morgan fingerprint density at radius 1 is 0.973 bits per heavy atom. The molecule has 4 rings (SSSR count). The monoisotopic (exact) mass is 522 g/mol. The van der Waals surface area contributed by atoms with Gasteiger partial charge in [0.15, 0.2) is 0 Å². The highest BCUT2D eigenvalue weighted by Gasteiger charge is 2.38. The van der Waals surface area contributed by atoms with Crippen molar-refractivity contribution in [3.8, 4) is 5.75 Å². The van der Waals surface area contributed by atoms with Gasteiger partial charge in [-0.05, 0) is 35.4 Å². The maximum Gasteiger partial charge on any atom is 0.330 e. The lowest BCUT2D eigenvalue weighted by Crippen LogP contribution is -2.58. The van der Waals surface area contributed by atoms with E-state index in [1.54, 1.807) is 38.4 Å². The molecule has 1 heterocycles. The maximum atomic E-state index is 13.4. The third-order valence-electron chi connectivity index (χ3n) is 6.36. The number of benzene rings is 3. The van der Waals surface area contributed by atoms with Crippen LogP contribution in [0.1, 0.15) is 17.0 Å². The second-order valence-corrected chi connectivity index (χ2v) is 10.5. The Kier molecular flexibility index (Phi) is 8.10. The highest BCUT2D eigenvalue weighted by atomic mass is 32.2. The van der Waals surface area contributed by atoms with Gasteiger partial charge in [0.05, 0.1) is 7.11 Å². The van der Waals surface area contributed by atoms with Crippen LogP contribution in [0.25, 0.3) is 0 Å². The van der Waals surface area contributed by atoms with Crippen molar-refractivity contribution in [3.63, 3.8) is 0 Å². The van der Waals surface area contributed by atoms with E-state index >= 15 is 0 Å². The number of ether oxygens (including phenoxy) is 1. The number of nitrogens with one attached hydrogen (secondary N) is 2. The molecule has 0 aliphatic carbocycles. The molecule has 1 atom stereocenters. The van der Waals surface area contributed by atoms with Gasteiger partial charge < -0.3 is 15.0 Å². The summed E-state index contributed by atoms with van der Waals surface area (Å²) in [5.41, 5.74) is 2.47. The van der Waals surface area contributed by atoms with Gasteiger partial charge in [-0.25, -0.2) is 9.52 Å². The molecule has 1 aliphatic rings. The van der Waals surface area contributed by atoms with Gasteiger partial charge in [-0.1, -0.05) is 60.7 Å². The number of urea groups is 1. The highest BCUT2D eigenvalue weighted by molar-refractivity contribution is 7.87. The van der Waals surface area contributed by atoms with Crippen molar-refractivity contribution in [1.82, 2.24) is 14.3 Å². The molecule has 10 heteroatoms. The van der Waals surface area contributed by atoms with Crippen molar-refractivity contribution in [2.24, 2.45) is 0 Å². The summed E-state index contributed by atoms with van der Waals surface area (Å²) in [5, 5.41) is 2.57. The summed E-state index contributed by atoms with van der Waals surface area (Å²) in [6.07, 6.45) is 0.188. The van der Waals surface area contributed by atoms with Crippen LogP contribution < -0.4 is 19.7 Å². The Morgan fingerprint density at radius 2 is 1.57 bits per heavy atom. The molecular weight excluding hydrogens is 492 g/mol. The van der Waals surface area contributed by atoms with Crippen LogP contribution in [-0.4, -0.2) is 58.0 Å². The lowest BCUT2D eigenvalue weighted by molar-refractivity contribution is -0.120. The Balaban J connectivity index is 1.43. The molecule has 0 radical (unpaired) electrons. The fraction of sp³-hybridized carbons (Fsp3) is 0.259. The van der Waals surface area contributed by atoms with Crippen LogP contribution in [0.3, 0.4) is 0 Å². The summed E-state index contributed by atoms with van der Waals surface area (Å²) in [5.74, 6) is 0.328. The molecule has 0 unspecified atom stereocenters. The van der Waals surface area contributed by atoms with E-state index in [-0.39, 0.29) is 25.4 Å². The lowest BCUT2D eigenvalue weighted by atomic mass is 9.94.